The summed E-state index contributed by atoms with van der Waals surface area (Å²) in [5.41, 5.74) is 0.386. The topological polar surface area (TPSA) is 49.8 Å². The third-order valence-electron chi connectivity index (χ3n) is 3.48. The molecule has 1 saturated heterocycles. The molecule has 0 amide bonds. The van der Waals surface area contributed by atoms with Gasteiger partial charge in [-0.15, -0.1) is 0 Å². The van der Waals surface area contributed by atoms with E-state index >= 15 is 0 Å². The lowest BCUT2D eigenvalue weighted by molar-refractivity contribution is -0.144. The van der Waals surface area contributed by atoms with Crippen molar-refractivity contribution >= 4 is 5.97 Å². The molecule has 0 bridgehead atoms. The molecular weight excluding hydrogens is 249 g/mol. The first-order chi connectivity index (χ1) is 9.13. The predicted octanol–water partition coefficient (Wildman–Crippen LogP) is 2.45. The van der Waals surface area contributed by atoms with Crippen LogP contribution in [0.1, 0.15) is 30.9 Å². The fourth-order valence-electron chi connectivity index (χ4n) is 2.58. The molecular formula is C14H18FNO3. The van der Waals surface area contributed by atoms with Crippen molar-refractivity contribution in [3.8, 4) is 5.75 Å². The first-order valence-electron chi connectivity index (χ1n) is 6.44. The van der Waals surface area contributed by atoms with Gasteiger partial charge in [0.2, 0.25) is 0 Å². The third kappa shape index (κ3) is 3.04. The summed E-state index contributed by atoms with van der Waals surface area (Å²) in [6.07, 6.45) is 3.06. The molecule has 1 aromatic carbocycles. The Morgan fingerprint density at radius 1 is 1.37 bits per heavy atom. The molecule has 0 aliphatic carbocycles. The van der Waals surface area contributed by atoms with E-state index in [1.165, 1.54) is 25.3 Å². The average molecular weight is 267 g/mol. The number of ether oxygens (including phenoxy) is 1. The number of piperidine rings is 1. The molecule has 1 aromatic rings. The second-order valence-corrected chi connectivity index (χ2v) is 4.72. The highest BCUT2D eigenvalue weighted by atomic mass is 19.1. The van der Waals surface area contributed by atoms with Crippen LogP contribution in [0.4, 0.5) is 4.39 Å². The van der Waals surface area contributed by atoms with Gasteiger partial charge in [-0.3, -0.25) is 9.69 Å². The quantitative estimate of drug-likeness (QED) is 0.910. The summed E-state index contributed by atoms with van der Waals surface area (Å²) < 4.78 is 18.6. The van der Waals surface area contributed by atoms with Crippen molar-refractivity contribution in [1.82, 2.24) is 4.90 Å². The van der Waals surface area contributed by atoms with Gasteiger partial charge in [-0.05, 0) is 44.1 Å². The van der Waals surface area contributed by atoms with E-state index in [9.17, 15) is 14.3 Å². The lowest BCUT2D eigenvalue weighted by Crippen LogP contribution is -2.38. The second kappa shape index (κ2) is 6.02. The number of halogens is 1. The van der Waals surface area contributed by atoms with Crippen molar-refractivity contribution in [1.29, 1.82) is 0 Å². The molecule has 1 unspecified atom stereocenters. The number of benzene rings is 1. The molecule has 0 spiro atoms. The van der Waals surface area contributed by atoms with Crippen LogP contribution in [0.15, 0.2) is 18.2 Å². The number of nitrogens with zero attached hydrogens (tertiary/aromatic N) is 1. The standard InChI is InChI=1S/C14H18FNO3/c1-19-12-6-5-10(15)9-11(12)13(14(17)18)16-7-3-2-4-8-16/h5-6,9,13H,2-4,7-8H2,1H3,(H,17,18). The van der Waals surface area contributed by atoms with Crippen LogP contribution in [0.2, 0.25) is 0 Å². The van der Waals surface area contributed by atoms with E-state index in [1.54, 1.807) is 0 Å². The van der Waals surface area contributed by atoms with E-state index in [-0.39, 0.29) is 0 Å². The maximum Gasteiger partial charge on any atom is 0.325 e. The van der Waals surface area contributed by atoms with Crippen LogP contribution < -0.4 is 4.74 Å². The van der Waals surface area contributed by atoms with Crippen LogP contribution in [-0.2, 0) is 4.79 Å². The van der Waals surface area contributed by atoms with Crippen LogP contribution >= 0.6 is 0 Å². The van der Waals surface area contributed by atoms with Crippen LogP contribution in [0.25, 0.3) is 0 Å². The Hall–Kier alpha value is -1.62. The van der Waals surface area contributed by atoms with E-state index in [0.717, 1.165) is 32.4 Å². The number of carboxylic acids is 1. The molecule has 1 atom stereocenters. The van der Waals surface area contributed by atoms with Gasteiger partial charge in [-0.25, -0.2) is 4.39 Å². The zero-order valence-electron chi connectivity index (χ0n) is 10.9. The van der Waals surface area contributed by atoms with Gasteiger partial charge in [-0.2, -0.15) is 0 Å². The molecule has 1 heterocycles. The fourth-order valence-corrected chi connectivity index (χ4v) is 2.58. The van der Waals surface area contributed by atoms with Crippen LogP contribution in [-0.4, -0.2) is 36.2 Å². The maximum absolute atomic E-state index is 13.4. The van der Waals surface area contributed by atoms with Crippen molar-refractivity contribution in [3.05, 3.63) is 29.6 Å². The van der Waals surface area contributed by atoms with Gasteiger partial charge >= 0.3 is 5.97 Å². The van der Waals surface area contributed by atoms with Gasteiger partial charge in [0.1, 0.15) is 17.6 Å². The summed E-state index contributed by atoms with van der Waals surface area (Å²) in [6.45, 7) is 1.44. The first-order valence-corrected chi connectivity index (χ1v) is 6.44. The number of methoxy groups -OCH3 is 1. The number of hydrogen-bond donors (Lipinski definition) is 1. The van der Waals surface area contributed by atoms with Crippen molar-refractivity contribution in [2.24, 2.45) is 0 Å². The van der Waals surface area contributed by atoms with E-state index in [1.807, 2.05) is 4.90 Å². The monoisotopic (exact) mass is 267 g/mol. The lowest BCUT2D eigenvalue weighted by atomic mass is 10.0. The molecule has 0 saturated carbocycles. The zero-order chi connectivity index (χ0) is 13.8. The lowest BCUT2D eigenvalue weighted by Gasteiger charge is -2.32. The molecule has 0 radical (unpaired) electrons. The highest BCUT2D eigenvalue weighted by Gasteiger charge is 2.31. The number of rotatable bonds is 4. The summed E-state index contributed by atoms with van der Waals surface area (Å²) in [6, 6.07) is 3.17. The van der Waals surface area contributed by atoms with E-state index in [2.05, 4.69) is 0 Å². The van der Waals surface area contributed by atoms with Gasteiger partial charge < -0.3 is 9.84 Å². The van der Waals surface area contributed by atoms with Gasteiger partial charge in [-0.1, -0.05) is 6.42 Å². The van der Waals surface area contributed by atoms with E-state index in [4.69, 9.17) is 4.74 Å². The number of aliphatic carboxylic acids is 1. The average Bonchev–Trinajstić information content (AvgIpc) is 2.40. The van der Waals surface area contributed by atoms with E-state index in [0.29, 0.717) is 11.3 Å². The summed E-state index contributed by atoms with van der Waals surface area (Å²) >= 11 is 0. The molecule has 2 rings (SSSR count). The van der Waals surface area contributed by atoms with Gasteiger partial charge in [0, 0.05) is 5.56 Å². The van der Waals surface area contributed by atoms with Crippen molar-refractivity contribution in [2.75, 3.05) is 20.2 Å². The van der Waals surface area contributed by atoms with E-state index < -0.39 is 17.8 Å². The van der Waals surface area contributed by atoms with Gasteiger partial charge in [0.25, 0.3) is 0 Å². The minimum absolute atomic E-state index is 0.386. The molecule has 4 nitrogen and oxygen atoms in total. The molecule has 1 fully saturated rings. The Bertz CT molecular complexity index is 458. The largest absolute Gasteiger partial charge is 0.496 e. The SMILES string of the molecule is COc1ccc(F)cc1C(C(=O)O)N1CCCCC1. The Morgan fingerprint density at radius 2 is 2.05 bits per heavy atom. The molecule has 1 aliphatic rings. The van der Waals surface area contributed by atoms with Crippen LogP contribution in [0.5, 0.6) is 5.75 Å². The molecule has 1 aliphatic heterocycles. The number of hydrogen-bond acceptors (Lipinski definition) is 3. The van der Waals surface area contributed by atoms with Crippen molar-refractivity contribution < 1.29 is 19.0 Å². The third-order valence-corrected chi connectivity index (χ3v) is 3.48. The summed E-state index contributed by atoms with van der Waals surface area (Å²) in [5, 5.41) is 9.47. The Labute approximate surface area is 111 Å². The highest BCUT2D eigenvalue weighted by Crippen LogP contribution is 2.32. The first kappa shape index (κ1) is 13.8. The van der Waals surface area contributed by atoms with Crippen LogP contribution in [0.3, 0.4) is 0 Å². The van der Waals surface area contributed by atoms with Crippen molar-refractivity contribution in [3.63, 3.8) is 0 Å². The summed E-state index contributed by atoms with van der Waals surface area (Å²) in [4.78, 5) is 13.4. The van der Waals surface area contributed by atoms with Crippen molar-refractivity contribution in [2.45, 2.75) is 25.3 Å². The smallest absolute Gasteiger partial charge is 0.325 e. The minimum Gasteiger partial charge on any atom is -0.496 e. The Balaban J connectivity index is 2.37. The molecule has 0 aromatic heterocycles. The second-order valence-electron chi connectivity index (χ2n) is 4.72. The van der Waals surface area contributed by atoms with Gasteiger partial charge in [0.05, 0.1) is 7.11 Å². The Kier molecular flexibility index (Phi) is 4.37. The zero-order valence-corrected chi connectivity index (χ0v) is 10.9. The highest BCUT2D eigenvalue weighted by molar-refractivity contribution is 5.76. The predicted molar refractivity (Wildman–Crippen MR) is 68.8 cm³/mol. The Morgan fingerprint density at radius 3 is 2.63 bits per heavy atom. The summed E-state index contributed by atoms with van der Waals surface area (Å²) in [7, 11) is 1.46. The van der Waals surface area contributed by atoms with Crippen LogP contribution in [0, 0.1) is 5.82 Å². The van der Waals surface area contributed by atoms with Gasteiger partial charge in [0.15, 0.2) is 0 Å². The minimum atomic E-state index is -0.967. The molecule has 104 valence electrons. The fraction of sp³-hybridized carbons (Fsp3) is 0.500. The normalized spacial score (nSPS) is 18.0. The number of likely N-dealkylation sites (tertiary alicyclic amines) is 1. The molecule has 1 N–H and O–H groups in total. The number of carboxylic acid groups (broad SMARTS) is 1. The maximum atomic E-state index is 13.4. The number of carbonyl (C=O) groups is 1. The molecule has 5 heteroatoms. The summed E-state index contributed by atoms with van der Waals surface area (Å²) in [5.74, 6) is -0.996. The molecule has 19 heavy (non-hydrogen) atoms.